The van der Waals surface area contributed by atoms with Gasteiger partial charge < -0.3 is 4.74 Å². The molecule has 1 N–H and O–H groups in total. The maximum atomic E-state index is 12.1. The molecule has 1 amide bonds. The molecule has 1 atom stereocenters. The fourth-order valence-corrected chi connectivity index (χ4v) is 4.58. The van der Waals surface area contributed by atoms with Gasteiger partial charge >= 0.3 is 0 Å². The Morgan fingerprint density at radius 2 is 2.35 bits per heavy atom. The highest BCUT2D eigenvalue weighted by atomic mass is 32.2. The van der Waals surface area contributed by atoms with E-state index in [2.05, 4.69) is 30.3 Å². The number of anilines is 1. The standard InChI is InChI=1S/C15H16N6O2S3/c22-12(17-14-19-16-9-26-14)8-25-15-20-18-13(11-4-2-6-24-11)21(15)7-10-3-1-5-23-10/h2,4,6,9-10H,1,3,5,7-8H2,(H,17,19,22). The first-order valence-electron chi connectivity index (χ1n) is 8.07. The predicted octanol–water partition coefficient (Wildman–Crippen LogP) is 2.77. The minimum atomic E-state index is -0.143. The highest BCUT2D eigenvalue weighted by Crippen LogP contribution is 2.29. The Bertz CT molecular complexity index is 843. The van der Waals surface area contributed by atoms with Crippen LogP contribution in [0.5, 0.6) is 0 Å². The summed E-state index contributed by atoms with van der Waals surface area (Å²) in [5.74, 6) is 0.909. The molecule has 1 unspecified atom stereocenters. The van der Waals surface area contributed by atoms with Gasteiger partial charge in [0, 0.05) is 6.61 Å². The minimum Gasteiger partial charge on any atom is -0.376 e. The number of ether oxygens (including phenoxy) is 1. The molecule has 3 aromatic rings. The summed E-state index contributed by atoms with van der Waals surface area (Å²) in [5.41, 5.74) is 1.58. The fourth-order valence-electron chi connectivity index (χ4n) is 2.65. The Morgan fingerprint density at radius 1 is 1.38 bits per heavy atom. The average Bonchev–Trinajstić information content (AvgIpc) is 3.42. The molecule has 8 nitrogen and oxygen atoms in total. The number of thioether (sulfide) groups is 1. The lowest BCUT2D eigenvalue weighted by molar-refractivity contribution is -0.113. The Labute approximate surface area is 162 Å². The first-order valence-corrected chi connectivity index (χ1v) is 10.8. The van der Waals surface area contributed by atoms with E-state index in [4.69, 9.17) is 4.74 Å². The van der Waals surface area contributed by atoms with Crippen LogP contribution >= 0.6 is 34.4 Å². The van der Waals surface area contributed by atoms with Crippen molar-refractivity contribution in [2.45, 2.75) is 30.6 Å². The highest BCUT2D eigenvalue weighted by molar-refractivity contribution is 7.99. The number of carbonyl (C=O) groups is 1. The van der Waals surface area contributed by atoms with E-state index >= 15 is 0 Å². The van der Waals surface area contributed by atoms with Crippen molar-refractivity contribution in [1.29, 1.82) is 0 Å². The molecular formula is C15H16N6O2S3. The van der Waals surface area contributed by atoms with E-state index in [1.807, 2.05) is 17.5 Å². The van der Waals surface area contributed by atoms with Crippen LogP contribution in [-0.2, 0) is 16.1 Å². The molecular weight excluding hydrogens is 392 g/mol. The zero-order chi connectivity index (χ0) is 17.8. The van der Waals surface area contributed by atoms with E-state index in [1.54, 1.807) is 16.8 Å². The molecule has 3 aromatic heterocycles. The summed E-state index contributed by atoms with van der Waals surface area (Å²) in [7, 11) is 0. The summed E-state index contributed by atoms with van der Waals surface area (Å²) in [6.45, 7) is 1.49. The van der Waals surface area contributed by atoms with Crippen molar-refractivity contribution in [1.82, 2.24) is 25.0 Å². The van der Waals surface area contributed by atoms with Crippen LogP contribution in [0.3, 0.4) is 0 Å². The maximum absolute atomic E-state index is 12.1. The predicted molar refractivity (Wildman–Crippen MR) is 102 cm³/mol. The lowest BCUT2D eigenvalue weighted by atomic mass is 10.2. The second-order valence-electron chi connectivity index (χ2n) is 5.61. The quantitative estimate of drug-likeness (QED) is 0.601. The first kappa shape index (κ1) is 17.6. The van der Waals surface area contributed by atoms with Gasteiger partial charge in [-0.1, -0.05) is 29.2 Å². The van der Waals surface area contributed by atoms with Crippen LogP contribution < -0.4 is 5.32 Å². The van der Waals surface area contributed by atoms with Crippen molar-refractivity contribution in [2.75, 3.05) is 17.7 Å². The zero-order valence-electron chi connectivity index (χ0n) is 13.7. The third-order valence-corrected chi connectivity index (χ3v) is 6.25. The molecule has 1 fully saturated rings. The molecule has 1 aliphatic heterocycles. The summed E-state index contributed by atoms with van der Waals surface area (Å²) in [6, 6.07) is 4.02. The molecule has 11 heteroatoms. The smallest absolute Gasteiger partial charge is 0.236 e. The monoisotopic (exact) mass is 408 g/mol. The Morgan fingerprint density at radius 3 is 3.08 bits per heavy atom. The molecule has 4 rings (SSSR count). The van der Waals surface area contributed by atoms with E-state index in [0.29, 0.717) is 11.7 Å². The topological polar surface area (TPSA) is 94.8 Å². The fraction of sp³-hybridized carbons (Fsp3) is 0.400. The largest absolute Gasteiger partial charge is 0.376 e. The van der Waals surface area contributed by atoms with E-state index < -0.39 is 0 Å². The molecule has 0 spiro atoms. The molecule has 0 radical (unpaired) electrons. The van der Waals surface area contributed by atoms with E-state index in [9.17, 15) is 4.79 Å². The highest BCUT2D eigenvalue weighted by Gasteiger charge is 2.22. The van der Waals surface area contributed by atoms with Crippen molar-refractivity contribution < 1.29 is 9.53 Å². The Kier molecular flexibility index (Phi) is 5.58. The molecule has 0 aromatic carbocycles. The Balaban J connectivity index is 1.48. The van der Waals surface area contributed by atoms with E-state index in [1.165, 1.54) is 23.1 Å². The molecule has 26 heavy (non-hydrogen) atoms. The van der Waals surface area contributed by atoms with Crippen molar-refractivity contribution in [2.24, 2.45) is 0 Å². The number of hydrogen-bond donors (Lipinski definition) is 1. The zero-order valence-corrected chi connectivity index (χ0v) is 16.1. The minimum absolute atomic E-state index is 0.143. The second-order valence-corrected chi connectivity index (χ2v) is 8.33. The summed E-state index contributed by atoms with van der Waals surface area (Å²) in [6.07, 6.45) is 2.27. The molecule has 136 valence electrons. The number of carbonyl (C=O) groups excluding carboxylic acids is 1. The molecule has 4 heterocycles. The number of amides is 1. The molecule has 1 aliphatic rings. The van der Waals surface area contributed by atoms with Crippen LogP contribution in [0.15, 0.2) is 28.2 Å². The summed E-state index contributed by atoms with van der Waals surface area (Å²) < 4.78 is 7.83. The van der Waals surface area contributed by atoms with Crippen molar-refractivity contribution >= 4 is 45.5 Å². The SMILES string of the molecule is O=C(CSc1nnc(-c2cccs2)n1CC1CCCO1)Nc1nncs1. The van der Waals surface area contributed by atoms with Gasteiger partial charge in [0.1, 0.15) is 5.51 Å². The number of hydrogen-bond acceptors (Lipinski definition) is 9. The van der Waals surface area contributed by atoms with Crippen LogP contribution in [0.25, 0.3) is 10.7 Å². The van der Waals surface area contributed by atoms with Crippen molar-refractivity contribution in [3.63, 3.8) is 0 Å². The molecule has 0 aliphatic carbocycles. The van der Waals surface area contributed by atoms with E-state index in [0.717, 1.165) is 35.3 Å². The second kappa shape index (κ2) is 8.25. The Hall–Kier alpha value is -1.82. The van der Waals surface area contributed by atoms with Gasteiger partial charge in [0.25, 0.3) is 0 Å². The van der Waals surface area contributed by atoms with Crippen molar-refractivity contribution in [3.8, 4) is 10.7 Å². The number of rotatable bonds is 7. The van der Waals surface area contributed by atoms with Gasteiger partial charge in [-0.3, -0.25) is 14.7 Å². The third-order valence-electron chi connectivity index (χ3n) is 3.81. The lowest BCUT2D eigenvalue weighted by Gasteiger charge is -2.14. The summed E-state index contributed by atoms with van der Waals surface area (Å²) >= 11 is 4.27. The van der Waals surface area contributed by atoms with Gasteiger partial charge in [0.2, 0.25) is 11.0 Å². The summed E-state index contributed by atoms with van der Waals surface area (Å²) in [4.78, 5) is 13.2. The molecule has 1 saturated heterocycles. The lowest BCUT2D eigenvalue weighted by Crippen LogP contribution is -2.18. The van der Waals surface area contributed by atoms with Gasteiger partial charge in [-0.25, -0.2) is 0 Å². The number of nitrogens with zero attached hydrogens (tertiary/aromatic N) is 5. The normalized spacial score (nSPS) is 16.8. The third kappa shape index (κ3) is 4.11. The van der Waals surface area contributed by atoms with Crippen LogP contribution in [0.1, 0.15) is 12.8 Å². The first-order chi connectivity index (χ1) is 12.8. The van der Waals surface area contributed by atoms with Crippen LogP contribution in [0.2, 0.25) is 0 Å². The van der Waals surface area contributed by atoms with E-state index in [-0.39, 0.29) is 17.8 Å². The van der Waals surface area contributed by atoms with Crippen LogP contribution in [0.4, 0.5) is 5.13 Å². The maximum Gasteiger partial charge on any atom is 0.236 e. The molecule has 0 bridgehead atoms. The average molecular weight is 409 g/mol. The van der Waals surface area contributed by atoms with Gasteiger partial charge in [0.05, 0.1) is 23.3 Å². The molecule has 0 saturated carbocycles. The van der Waals surface area contributed by atoms with Crippen molar-refractivity contribution in [3.05, 3.63) is 23.0 Å². The number of aromatic nitrogens is 5. The van der Waals surface area contributed by atoms with Crippen LogP contribution in [-0.4, -0.2) is 49.3 Å². The number of thiophene rings is 1. The van der Waals surface area contributed by atoms with Gasteiger partial charge in [-0.2, -0.15) is 0 Å². The summed E-state index contributed by atoms with van der Waals surface area (Å²) in [5, 5.41) is 22.1. The van der Waals surface area contributed by atoms with Crippen LogP contribution in [0, 0.1) is 0 Å². The van der Waals surface area contributed by atoms with Gasteiger partial charge in [-0.05, 0) is 24.3 Å². The van der Waals surface area contributed by atoms with Gasteiger partial charge in [0.15, 0.2) is 11.0 Å². The number of nitrogens with one attached hydrogen (secondary N) is 1. The van der Waals surface area contributed by atoms with Gasteiger partial charge in [-0.15, -0.1) is 31.7 Å².